The van der Waals surface area contributed by atoms with Crippen LogP contribution in [0.4, 0.5) is 0 Å². The number of nitrogens with one attached hydrogen (secondary N) is 1. The average Bonchev–Trinajstić information content (AvgIpc) is 3.13. The van der Waals surface area contributed by atoms with Gasteiger partial charge in [0.2, 0.25) is 0 Å². The van der Waals surface area contributed by atoms with Crippen molar-refractivity contribution in [3.8, 4) is 5.75 Å². The van der Waals surface area contributed by atoms with E-state index in [0.717, 1.165) is 42.5 Å². The Hall–Kier alpha value is -3.15. The predicted molar refractivity (Wildman–Crippen MR) is 118 cm³/mol. The van der Waals surface area contributed by atoms with Crippen molar-refractivity contribution in [3.05, 3.63) is 60.4 Å². The fraction of sp³-hybridized carbons (Fsp3) is 0.375. The fourth-order valence-electron chi connectivity index (χ4n) is 3.41. The van der Waals surface area contributed by atoms with E-state index in [2.05, 4.69) is 9.88 Å². The van der Waals surface area contributed by atoms with Crippen molar-refractivity contribution in [1.29, 1.82) is 0 Å². The third kappa shape index (κ3) is 5.69. The molecule has 1 N–H and O–H groups in total. The van der Waals surface area contributed by atoms with Crippen molar-refractivity contribution < 1.29 is 14.3 Å². The van der Waals surface area contributed by atoms with Gasteiger partial charge in [0.25, 0.3) is 5.91 Å². The van der Waals surface area contributed by atoms with Crippen LogP contribution in [0, 0.1) is 0 Å². The Morgan fingerprint density at radius 1 is 1.03 bits per heavy atom. The topological polar surface area (TPSA) is 73.2 Å². The number of hydrogen-bond acceptors (Lipinski definition) is 4. The lowest BCUT2D eigenvalue weighted by Gasteiger charge is -2.15. The molecule has 158 valence electrons. The molecule has 0 saturated carbocycles. The molecule has 1 heterocycles. The number of aryl methyl sites for hydroxylation is 1. The van der Waals surface area contributed by atoms with Crippen molar-refractivity contribution >= 4 is 22.7 Å². The van der Waals surface area contributed by atoms with Gasteiger partial charge in [-0.05, 0) is 51.0 Å². The number of nitrogens with zero attached hydrogens (tertiary/aromatic N) is 2. The minimum absolute atomic E-state index is 0.0248. The Bertz CT molecular complexity index is 982. The quantitative estimate of drug-likeness (QED) is 0.486. The second-order valence-corrected chi connectivity index (χ2v) is 7.44. The molecule has 0 aliphatic carbocycles. The molecule has 6 nitrogen and oxygen atoms in total. The molecule has 3 rings (SSSR count). The van der Waals surface area contributed by atoms with Crippen LogP contribution in [0.1, 0.15) is 45.0 Å². The van der Waals surface area contributed by atoms with Crippen LogP contribution in [0.15, 0.2) is 54.6 Å². The Labute approximate surface area is 177 Å². The highest BCUT2D eigenvalue weighted by molar-refractivity contribution is 5.83. The van der Waals surface area contributed by atoms with Crippen LogP contribution in [0.2, 0.25) is 0 Å². The zero-order valence-corrected chi connectivity index (χ0v) is 17.6. The van der Waals surface area contributed by atoms with Crippen LogP contribution in [-0.4, -0.2) is 34.4 Å². The minimum Gasteiger partial charge on any atom is -0.484 e. The van der Waals surface area contributed by atoms with Crippen molar-refractivity contribution in [3.63, 3.8) is 0 Å². The Morgan fingerprint density at radius 3 is 2.53 bits per heavy atom. The van der Waals surface area contributed by atoms with Crippen LogP contribution in [-0.2, 0) is 16.0 Å². The maximum Gasteiger partial charge on any atom is 0.257 e. The summed E-state index contributed by atoms with van der Waals surface area (Å²) in [6.07, 6.45) is 3.61. The van der Waals surface area contributed by atoms with Gasteiger partial charge in [-0.2, -0.15) is 0 Å². The first-order valence-electron chi connectivity index (χ1n) is 10.5. The molecule has 30 heavy (non-hydrogen) atoms. The number of aromatic nitrogens is 2. The van der Waals surface area contributed by atoms with Crippen molar-refractivity contribution in [1.82, 2.24) is 14.9 Å². The van der Waals surface area contributed by atoms with Gasteiger partial charge < -0.3 is 14.6 Å². The molecule has 0 saturated heterocycles. The van der Waals surface area contributed by atoms with Crippen LogP contribution < -0.4 is 10.1 Å². The van der Waals surface area contributed by atoms with E-state index in [9.17, 15) is 9.59 Å². The maximum absolute atomic E-state index is 12.0. The first-order valence-corrected chi connectivity index (χ1v) is 10.5. The van der Waals surface area contributed by atoms with Gasteiger partial charge in [-0.25, -0.2) is 4.98 Å². The molecular weight excluding hydrogens is 378 g/mol. The van der Waals surface area contributed by atoms with E-state index in [0.29, 0.717) is 12.3 Å². The van der Waals surface area contributed by atoms with Crippen molar-refractivity contribution in [2.24, 2.45) is 0 Å². The summed E-state index contributed by atoms with van der Waals surface area (Å²) in [7, 11) is 0. The summed E-state index contributed by atoms with van der Waals surface area (Å²) >= 11 is 0. The highest BCUT2D eigenvalue weighted by atomic mass is 16.5. The monoisotopic (exact) mass is 407 g/mol. The molecule has 0 radical (unpaired) electrons. The third-order valence-corrected chi connectivity index (χ3v) is 5.16. The van der Waals surface area contributed by atoms with Gasteiger partial charge in [0.05, 0.1) is 17.1 Å². The Morgan fingerprint density at radius 2 is 1.77 bits per heavy atom. The predicted octanol–water partition coefficient (Wildman–Crippen LogP) is 4.09. The Balaban J connectivity index is 1.42. The lowest BCUT2D eigenvalue weighted by molar-refractivity contribution is -0.123. The van der Waals surface area contributed by atoms with E-state index in [4.69, 9.17) is 9.72 Å². The van der Waals surface area contributed by atoms with Gasteiger partial charge in [0, 0.05) is 13.0 Å². The van der Waals surface area contributed by atoms with Gasteiger partial charge in [-0.3, -0.25) is 9.59 Å². The van der Waals surface area contributed by atoms with E-state index >= 15 is 0 Å². The summed E-state index contributed by atoms with van der Waals surface area (Å²) in [5.41, 5.74) is 1.92. The summed E-state index contributed by atoms with van der Waals surface area (Å²) in [6, 6.07) is 17.0. The van der Waals surface area contributed by atoms with Gasteiger partial charge in [-0.1, -0.05) is 36.8 Å². The molecule has 1 aromatic heterocycles. The van der Waals surface area contributed by atoms with Crippen molar-refractivity contribution in [2.45, 2.75) is 45.6 Å². The highest BCUT2D eigenvalue weighted by Gasteiger charge is 2.18. The first kappa shape index (κ1) is 21.6. The van der Waals surface area contributed by atoms with Crippen molar-refractivity contribution in [2.75, 3.05) is 13.2 Å². The van der Waals surface area contributed by atoms with Crippen LogP contribution >= 0.6 is 0 Å². The smallest absolute Gasteiger partial charge is 0.257 e. The molecule has 0 aliphatic rings. The van der Waals surface area contributed by atoms with Crippen LogP contribution in [0.25, 0.3) is 11.0 Å². The summed E-state index contributed by atoms with van der Waals surface area (Å²) < 4.78 is 7.49. The molecule has 1 atom stereocenters. The third-order valence-electron chi connectivity index (χ3n) is 5.16. The summed E-state index contributed by atoms with van der Waals surface area (Å²) in [5.74, 6) is 1.64. The standard InChI is InChI=1S/C24H29N3O3/c1-18(19(2)28)27-22-14-9-8-13-21(22)26-23(27)15-7-4-10-16-25-24(29)17-30-20-11-5-3-6-12-20/h3,5-6,8-9,11-14,18H,4,7,10,15-17H2,1-2H3,(H,25,29). The lowest BCUT2D eigenvalue weighted by atomic mass is 10.1. The largest absolute Gasteiger partial charge is 0.484 e. The van der Waals surface area contributed by atoms with Crippen LogP contribution in [0.3, 0.4) is 0 Å². The molecular formula is C24H29N3O3. The molecule has 0 spiro atoms. The van der Waals surface area contributed by atoms with E-state index in [1.165, 1.54) is 0 Å². The van der Waals surface area contributed by atoms with E-state index < -0.39 is 0 Å². The molecule has 0 bridgehead atoms. The van der Waals surface area contributed by atoms with E-state index in [1.54, 1.807) is 6.92 Å². The molecule has 1 unspecified atom stereocenters. The molecule has 3 aromatic rings. The summed E-state index contributed by atoms with van der Waals surface area (Å²) in [6.45, 7) is 4.19. The number of carbonyl (C=O) groups is 2. The maximum atomic E-state index is 12.0. The number of ether oxygens (including phenoxy) is 1. The number of carbonyl (C=O) groups excluding carboxylic acids is 2. The SMILES string of the molecule is CC(=O)C(C)n1c(CCCCCNC(=O)COc2ccccc2)nc2ccccc21. The summed E-state index contributed by atoms with van der Waals surface area (Å²) in [4.78, 5) is 28.6. The molecule has 1 amide bonds. The normalized spacial score (nSPS) is 11.9. The van der Waals surface area contributed by atoms with Crippen LogP contribution in [0.5, 0.6) is 5.75 Å². The van der Waals surface area contributed by atoms with Gasteiger partial charge in [0.15, 0.2) is 12.4 Å². The number of hydrogen-bond donors (Lipinski definition) is 1. The second-order valence-electron chi connectivity index (χ2n) is 7.44. The fourth-order valence-corrected chi connectivity index (χ4v) is 3.41. The molecule has 0 fully saturated rings. The number of amides is 1. The summed E-state index contributed by atoms with van der Waals surface area (Å²) in [5, 5.41) is 2.89. The minimum atomic E-state index is -0.226. The van der Waals surface area contributed by atoms with Gasteiger partial charge in [0.1, 0.15) is 11.6 Å². The number of Topliss-reactive ketones (excluding diaryl/α,β-unsaturated/α-hetero) is 1. The number of ketones is 1. The lowest BCUT2D eigenvalue weighted by Crippen LogP contribution is -2.29. The number of imidazole rings is 1. The van der Waals surface area contributed by atoms with Gasteiger partial charge >= 0.3 is 0 Å². The van der Waals surface area contributed by atoms with Gasteiger partial charge in [-0.15, -0.1) is 0 Å². The highest BCUT2D eigenvalue weighted by Crippen LogP contribution is 2.23. The van der Waals surface area contributed by atoms with E-state index in [1.807, 2.05) is 61.5 Å². The second kappa shape index (κ2) is 10.6. The number of rotatable bonds is 11. The zero-order chi connectivity index (χ0) is 21.3. The molecule has 2 aromatic carbocycles. The number of unbranched alkanes of at least 4 members (excludes halogenated alkanes) is 2. The van der Waals surface area contributed by atoms with E-state index in [-0.39, 0.29) is 24.3 Å². The number of benzene rings is 2. The number of para-hydroxylation sites is 3. The Kier molecular flexibility index (Phi) is 7.60. The average molecular weight is 408 g/mol. The molecule has 6 heteroatoms. The molecule has 0 aliphatic heterocycles. The first-order chi connectivity index (χ1) is 14.6. The zero-order valence-electron chi connectivity index (χ0n) is 17.6. The number of fused-ring (bicyclic) bond motifs is 1.